The van der Waals surface area contributed by atoms with E-state index >= 15 is 0 Å². The molecule has 1 aromatic carbocycles. The largest absolute Gasteiger partial charge is 0.495 e. The molecule has 0 radical (unpaired) electrons. The number of benzene rings is 1. The molecule has 0 unspecified atom stereocenters. The SMILES string of the molecule is COc1cc[nH]c1C=C1C(=O)Nc2ccc(NC(=O)Cc3cccs3)c(C#Cc3cccnc3)c21. The molecular weight excluding hydrogens is 460 g/mol. The second-order valence-corrected chi connectivity index (χ2v) is 8.71. The summed E-state index contributed by atoms with van der Waals surface area (Å²) in [6, 6.07) is 12.8. The molecule has 7 nitrogen and oxygen atoms in total. The highest BCUT2D eigenvalue weighted by Crippen LogP contribution is 2.39. The number of fused-ring (bicyclic) bond motifs is 1. The summed E-state index contributed by atoms with van der Waals surface area (Å²) in [5, 5.41) is 7.82. The number of carbonyl (C=O) groups excluding carboxylic acids is 2. The first kappa shape index (κ1) is 22.2. The second kappa shape index (κ2) is 9.71. The number of hydrogen-bond acceptors (Lipinski definition) is 5. The number of hydrogen-bond donors (Lipinski definition) is 3. The average Bonchev–Trinajstić information content (AvgIpc) is 3.60. The van der Waals surface area contributed by atoms with Gasteiger partial charge in [-0.2, -0.15) is 0 Å². The van der Waals surface area contributed by atoms with Crippen molar-refractivity contribution < 1.29 is 14.3 Å². The van der Waals surface area contributed by atoms with Crippen molar-refractivity contribution in [2.75, 3.05) is 17.7 Å². The normalized spacial score (nSPS) is 13.1. The maximum Gasteiger partial charge on any atom is 0.256 e. The number of nitrogens with one attached hydrogen (secondary N) is 3. The van der Waals surface area contributed by atoms with Crippen LogP contribution in [0.5, 0.6) is 5.75 Å². The van der Waals surface area contributed by atoms with Gasteiger partial charge in [0.05, 0.1) is 41.7 Å². The molecule has 4 heterocycles. The minimum Gasteiger partial charge on any atom is -0.495 e. The number of methoxy groups -OCH3 is 1. The van der Waals surface area contributed by atoms with Crippen LogP contribution in [-0.2, 0) is 16.0 Å². The molecule has 35 heavy (non-hydrogen) atoms. The predicted molar refractivity (Wildman–Crippen MR) is 137 cm³/mol. The molecule has 3 aromatic heterocycles. The number of H-pyrrole nitrogens is 1. The molecule has 0 saturated heterocycles. The molecule has 2 amide bonds. The number of ether oxygens (including phenoxy) is 1. The van der Waals surface area contributed by atoms with Crippen LogP contribution < -0.4 is 15.4 Å². The molecule has 1 aliphatic heterocycles. The Kier molecular flexibility index (Phi) is 6.16. The number of thiophene rings is 1. The van der Waals surface area contributed by atoms with Gasteiger partial charge in [0.1, 0.15) is 5.75 Å². The van der Waals surface area contributed by atoms with Crippen molar-refractivity contribution >= 4 is 46.2 Å². The number of amides is 2. The summed E-state index contributed by atoms with van der Waals surface area (Å²) < 4.78 is 5.38. The highest BCUT2D eigenvalue weighted by atomic mass is 32.1. The summed E-state index contributed by atoms with van der Waals surface area (Å²) in [6.07, 6.45) is 7.06. The Morgan fingerprint density at radius 1 is 1.20 bits per heavy atom. The van der Waals surface area contributed by atoms with E-state index in [1.54, 1.807) is 56.0 Å². The van der Waals surface area contributed by atoms with Gasteiger partial charge in [-0.1, -0.05) is 17.9 Å². The third-order valence-corrected chi connectivity index (χ3v) is 6.27. The Hall–Kier alpha value is -4.61. The van der Waals surface area contributed by atoms with Gasteiger partial charge in [-0.25, -0.2) is 0 Å². The lowest BCUT2D eigenvalue weighted by Gasteiger charge is -2.11. The van der Waals surface area contributed by atoms with Crippen molar-refractivity contribution in [3.8, 4) is 17.6 Å². The molecular formula is C27H20N4O3S. The van der Waals surface area contributed by atoms with Crippen LogP contribution in [0.15, 0.2) is 66.4 Å². The maximum absolute atomic E-state index is 13.0. The van der Waals surface area contributed by atoms with Gasteiger partial charge < -0.3 is 20.4 Å². The molecule has 3 N–H and O–H groups in total. The zero-order chi connectivity index (χ0) is 24.2. The molecule has 172 valence electrons. The molecule has 1 aliphatic rings. The number of aromatic amines is 1. The van der Waals surface area contributed by atoms with E-state index in [0.717, 1.165) is 10.4 Å². The lowest BCUT2D eigenvalue weighted by Crippen LogP contribution is -2.15. The van der Waals surface area contributed by atoms with Gasteiger partial charge >= 0.3 is 0 Å². The topological polar surface area (TPSA) is 96.1 Å². The van der Waals surface area contributed by atoms with E-state index in [9.17, 15) is 9.59 Å². The quantitative estimate of drug-likeness (QED) is 0.288. The number of nitrogens with zero attached hydrogens (tertiary/aromatic N) is 1. The summed E-state index contributed by atoms with van der Waals surface area (Å²) >= 11 is 1.53. The minimum absolute atomic E-state index is 0.161. The van der Waals surface area contributed by atoms with Crippen LogP contribution >= 0.6 is 11.3 Å². The number of rotatable bonds is 5. The number of anilines is 2. The molecule has 0 saturated carbocycles. The van der Waals surface area contributed by atoms with Gasteiger partial charge in [0.15, 0.2) is 0 Å². The fourth-order valence-electron chi connectivity index (χ4n) is 3.80. The molecule has 5 rings (SSSR count). The molecule has 4 aromatic rings. The average molecular weight is 481 g/mol. The van der Waals surface area contributed by atoms with Gasteiger partial charge in [0.2, 0.25) is 5.91 Å². The van der Waals surface area contributed by atoms with Crippen LogP contribution in [-0.4, -0.2) is 28.9 Å². The van der Waals surface area contributed by atoms with Crippen LogP contribution in [0.25, 0.3) is 11.6 Å². The van der Waals surface area contributed by atoms with E-state index in [1.165, 1.54) is 11.3 Å². The van der Waals surface area contributed by atoms with E-state index in [4.69, 9.17) is 4.74 Å². The first-order chi connectivity index (χ1) is 17.1. The van der Waals surface area contributed by atoms with Crippen LogP contribution in [0.2, 0.25) is 0 Å². The van der Waals surface area contributed by atoms with Crippen LogP contribution in [0.1, 0.15) is 27.3 Å². The summed E-state index contributed by atoms with van der Waals surface area (Å²) in [4.78, 5) is 33.9. The third-order valence-electron chi connectivity index (χ3n) is 5.40. The fraction of sp³-hybridized carbons (Fsp3) is 0.0741. The highest BCUT2D eigenvalue weighted by Gasteiger charge is 2.29. The fourth-order valence-corrected chi connectivity index (χ4v) is 4.51. The highest BCUT2D eigenvalue weighted by molar-refractivity contribution is 7.10. The predicted octanol–water partition coefficient (Wildman–Crippen LogP) is 4.55. The minimum atomic E-state index is -0.261. The van der Waals surface area contributed by atoms with Crippen LogP contribution in [0.3, 0.4) is 0 Å². The van der Waals surface area contributed by atoms with E-state index in [1.807, 2.05) is 23.6 Å². The molecule has 0 bridgehead atoms. The Balaban J connectivity index is 1.61. The Morgan fingerprint density at radius 2 is 2.11 bits per heavy atom. The zero-order valence-corrected chi connectivity index (χ0v) is 19.5. The zero-order valence-electron chi connectivity index (χ0n) is 18.7. The van der Waals surface area contributed by atoms with E-state index in [0.29, 0.717) is 39.5 Å². The Labute approximate surface area is 205 Å². The molecule has 0 spiro atoms. The van der Waals surface area contributed by atoms with Gasteiger partial charge in [-0.15, -0.1) is 11.3 Å². The van der Waals surface area contributed by atoms with E-state index in [-0.39, 0.29) is 18.2 Å². The number of carbonyl (C=O) groups is 2. The number of pyridine rings is 1. The van der Waals surface area contributed by atoms with Gasteiger partial charge in [-0.05, 0) is 47.9 Å². The Morgan fingerprint density at radius 3 is 2.89 bits per heavy atom. The van der Waals surface area contributed by atoms with Crippen LogP contribution in [0, 0.1) is 11.8 Å². The molecule has 0 atom stereocenters. The van der Waals surface area contributed by atoms with Crippen molar-refractivity contribution in [2.24, 2.45) is 0 Å². The van der Waals surface area contributed by atoms with Crippen molar-refractivity contribution in [2.45, 2.75) is 6.42 Å². The first-order valence-corrected chi connectivity index (χ1v) is 11.7. The second-order valence-electron chi connectivity index (χ2n) is 7.68. The monoisotopic (exact) mass is 480 g/mol. The van der Waals surface area contributed by atoms with Crippen molar-refractivity contribution in [3.63, 3.8) is 0 Å². The summed E-state index contributed by atoms with van der Waals surface area (Å²) in [5.74, 6) is 6.47. The molecule has 0 fully saturated rings. The summed E-state index contributed by atoms with van der Waals surface area (Å²) in [5.41, 5.74) is 4.11. The summed E-state index contributed by atoms with van der Waals surface area (Å²) in [7, 11) is 1.57. The van der Waals surface area contributed by atoms with Crippen molar-refractivity contribution in [1.29, 1.82) is 0 Å². The van der Waals surface area contributed by atoms with Crippen molar-refractivity contribution in [3.05, 3.63) is 93.7 Å². The lowest BCUT2D eigenvalue weighted by molar-refractivity contribution is -0.115. The van der Waals surface area contributed by atoms with E-state index < -0.39 is 0 Å². The van der Waals surface area contributed by atoms with Gasteiger partial charge in [-0.3, -0.25) is 14.6 Å². The lowest BCUT2D eigenvalue weighted by atomic mass is 9.97. The van der Waals surface area contributed by atoms with Gasteiger partial charge in [0, 0.05) is 34.6 Å². The van der Waals surface area contributed by atoms with Gasteiger partial charge in [0.25, 0.3) is 5.91 Å². The number of aromatic nitrogens is 2. The summed E-state index contributed by atoms with van der Waals surface area (Å²) in [6.45, 7) is 0. The standard InChI is InChI=1S/C27H20N4O3S/c1-34-24-10-12-29-23(24)15-20-26-19(7-6-17-4-2-11-28-16-17)21(8-9-22(26)31-27(20)33)30-25(32)14-18-5-3-13-35-18/h2-5,8-13,15-16,29H,14H2,1H3,(H,30,32)(H,31,33). The smallest absolute Gasteiger partial charge is 0.256 e. The first-order valence-electron chi connectivity index (χ1n) is 10.8. The van der Waals surface area contributed by atoms with E-state index in [2.05, 4.69) is 32.4 Å². The van der Waals surface area contributed by atoms with Crippen LogP contribution in [0.4, 0.5) is 11.4 Å². The molecule has 0 aliphatic carbocycles. The third kappa shape index (κ3) is 4.71. The van der Waals surface area contributed by atoms with Crippen molar-refractivity contribution in [1.82, 2.24) is 9.97 Å². The molecule has 8 heteroatoms. The maximum atomic E-state index is 13.0. The Bertz CT molecular complexity index is 1490.